The smallest absolute Gasteiger partial charge is 0.324 e. The van der Waals surface area contributed by atoms with Gasteiger partial charge in [-0.2, -0.15) is 13.2 Å². The quantitative estimate of drug-likeness (QED) is 0.850. The molecule has 23 heavy (non-hydrogen) atoms. The second-order valence-electron chi connectivity index (χ2n) is 4.70. The highest BCUT2D eigenvalue weighted by atomic mass is 19.4. The largest absolute Gasteiger partial charge is 0.416 e. The number of nitrogens with two attached hydrogens (primary N) is 1. The number of hydrogen-bond donors (Lipinski definition) is 2. The Morgan fingerprint density at radius 3 is 2.17 bits per heavy atom. The topological polar surface area (TPSA) is 72.2 Å². The van der Waals surface area contributed by atoms with Crippen molar-refractivity contribution in [2.24, 2.45) is 5.73 Å². The van der Waals surface area contributed by atoms with Gasteiger partial charge >= 0.3 is 6.18 Å². The predicted octanol–water partition coefficient (Wildman–Crippen LogP) is 2.83. The van der Waals surface area contributed by atoms with E-state index in [4.69, 9.17) is 5.73 Å². The van der Waals surface area contributed by atoms with Crippen LogP contribution in [0.4, 0.5) is 18.9 Å². The van der Waals surface area contributed by atoms with Crippen LogP contribution in [0.25, 0.3) is 0 Å². The summed E-state index contributed by atoms with van der Waals surface area (Å²) in [7, 11) is 0. The molecular formula is C16H13F3N2O2. The van der Waals surface area contributed by atoms with Gasteiger partial charge in [-0.25, -0.2) is 0 Å². The Morgan fingerprint density at radius 1 is 1.00 bits per heavy atom. The zero-order valence-electron chi connectivity index (χ0n) is 11.9. The molecule has 0 radical (unpaired) electrons. The van der Waals surface area contributed by atoms with E-state index >= 15 is 0 Å². The summed E-state index contributed by atoms with van der Waals surface area (Å²) in [5.74, 6) is -0.968. The zero-order valence-corrected chi connectivity index (χ0v) is 11.9. The fourth-order valence-electron chi connectivity index (χ4n) is 1.96. The monoisotopic (exact) mass is 322 g/mol. The van der Waals surface area contributed by atoms with Crippen molar-refractivity contribution in [2.45, 2.75) is 6.18 Å². The summed E-state index contributed by atoms with van der Waals surface area (Å²) in [4.78, 5) is 23.8. The highest BCUT2D eigenvalue weighted by Crippen LogP contribution is 2.29. The Labute approximate surface area is 130 Å². The van der Waals surface area contributed by atoms with Crippen LogP contribution in [0.15, 0.2) is 48.5 Å². The molecule has 0 spiro atoms. The van der Waals surface area contributed by atoms with Crippen LogP contribution in [0.3, 0.4) is 0 Å². The maximum atomic E-state index is 12.5. The van der Waals surface area contributed by atoms with Crippen molar-refractivity contribution in [2.75, 3.05) is 11.9 Å². The zero-order chi connectivity index (χ0) is 17.0. The van der Waals surface area contributed by atoms with Gasteiger partial charge in [0.25, 0.3) is 0 Å². The Balaban J connectivity index is 2.32. The van der Waals surface area contributed by atoms with E-state index in [2.05, 4.69) is 5.32 Å². The lowest BCUT2D eigenvalue weighted by atomic mass is 10.0. The molecule has 0 atom stereocenters. The number of anilines is 1. The van der Waals surface area contributed by atoms with Gasteiger partial charge in [-0.3, -0.25) is 9.59 Å². The molecule has 0 aromatic heterocycles. The fraction of sp³-hybridized carbons (Fsp3) is 0.125. The Kier molecular flexibility index (Phi) is 4.80. The van der Waals surface area contributed by atoms with Crippen molar-refractivity contribution >= 4 is 17.4 Å². The van der Waals surface area contributed by atoms with Crippen LogP contribution >= 0.6 is 0 Å². The number of para-hydroxylation sites is 1. The number of halogens is 3. The molecule has 0 heterocycles. The third-order valence-corrected chi connectivity index (χ3v) is 3.11. The summed E-state index contributed by atoms with van der Waals surface area (Å²) < 4.78 is 37.6. The highest BCUT2D eigenvalue weighted by molar-refractivity contribution is 6.13. The molecule has 0 fully saturated rings. The van der Waals surface area contributed by atoms with E-state index in [1.165, 1.54) is 12.1 Å². The molecular weight excluding hydrogens is 309 g/mol. The lowest BCUT2D eigenvalue weighted by molar-refractivity contribution is -0.137. The molecule has 7 heteroatoms. The van der Waals surface area contributed by atoms with Gasteiger partial charge in [-0.1, -0.05) is 24.3 Å². The lowest BCUT2D eigenvalue weighted by Crippen LogP contribution is -2.23. The van der Waals surface area contributed by atoms with E-state index in [1.54, 1.807) is 12.1 Å². The summed E-state index contributed by atoms with van der Waals surface area (Å²) in [6.07, 6.45) is -4.46. The van der Waals surface area contributed by atoms with E-state index in [9.17, 15) is 22.8 Å². The number of rotatable bonds is 4. The second-order valence-corrected chi connectivity index (χ2v) is 4.70. The highest BCUT2D eigenvalue weighted by Gasteiger charge is 2.30. The number of nitrogens with one attached hydrogen (secondary N) is 1. The van der Waals surface area contributed by atoms with Crippen LogP contribution in [0, 0.1) is 0 Å². The first-order valence-electron chi connectivity index (χ1n) is 6.64. The average molecular weight is 322 g/mol. The summed E-state index contributed by atoms with van der Waals surface area (Å²) in [6, 6.07) is 10.1. The van der Waals surface area contributed by atoms with Gasteiger partial charge in [-0.05, 0) is 24.3 Å². The van der Waals surface area contributed by atoms with E-state index in [0.29, 0.717) is 0 Å². The minimum atomic E-state index is -4.46. The molecule has 0 saturated carbocycles. The Bertz CT molecular complexity index is 725. The Morgan fingerprint density at radius 2 is 1.61 bits per heavy atom. The maximum Gasteiger partial charge on any atom is 0.416 e. The van der Waals surface area contributed by atoms with Gasteiger partial charge in [0.1, 0.15) is 0 Å². The second kappa shape index (κ2) is 6.62. The predicted molar refractivity (Wildman–Crippen MR) is 79.0 cm³/mol. The third kappa shape index (κ3) is 3.95. The van der Waals surface area contributed by atoms with Crippen molar-refractivity contribution in [3.63, 3.8) is 0 Å². The van der Waals surface area contributed by atoms with Gasteiger partial charge in [0, 0.05) is 11.1 Å². The number of carbonyl (C=O) groups excluding carboxylic acids is 2. The summed E-state index contributed by atoms with van der Waals surface area (Å²) in [6.45, 7) is -0.247. The van der Waals surface area contributed by atoms with Crippen LogP contribution in [-0.2, 0) is 11.0 Å². The van der Waals surface area contributed by atoms with E-state index in [0.717, 1.165) is 24.3 Å². The van der Waals surface area contributed by atoms with Crippen LogP contribution in [0.2, 0.25) is 0 Å². The normalized spacial score (nSPS) is 11.1. The summed E-state index contributed by atoms with van der Waals surface area (Å²) in [5.41, 5.74) is 4.90. The standard InChI is InChI=1S/C16H13F3N2O2/c17-16(18,19)11-7-5-10(6-8-11)15(23)12-3-1-2-4-13(12)21-14(22)9-20/h1-8H,9,20H2,(H,21,22). The molecule has 2 aromatic carbocycles. The van der Waals surface area contributed by atoms with Crippen molar-refractivity contribution in [3.05, 3.63) is 65.2 Å². The van der Waals surface area contributed by atoms with Crippen molar-refractivity contribution in [1.29, 1.82) is 0 Å². The van der Waals surface area contributed by atoms with E-state index < -0.39 is 23.4 Å². The average Bonchev–Trinajstić information content (AvgIpc) is 2.54. The lowest BCUT2D eigenvalue weighted by Gasteiger charge is -2.11. The van der Waals surface area contributed by atoms with Crippen LogP contribution < -0.4 is 11.1 Å². The number of ketones is 1. The number of benzene rings is 2. The summed E-state index contributed by atoms with van der Waals surface area (Å²) in [5, 5.41) is 2.48. The van der Waals surface area contributed by atoms with Crippen molar-refractivity contribution < 1.29 is 22.8 Å². The molecule has 0 bridgehead atoms. The first kappa shape index (κ1) is 16.7. The van der Waals surface area contributed by atoms with Crippen LogP contribution in [-0.4, -0.2) is 18.2 Å². The molecule has 1 amide bonds. The number of amides is 1. The third-order valence-electron chi connectivity index (χ3n) is 3.11. The first-order valence-corrected chi connectivity index (χ1v) is 6.64. The van der Waals surface area contributed by atoms with Crippen molar-refractivity contribution in [1.82, 2.24) is 0 Å². The fourth-order valence-corrected chi connectivity index (χ4v) is 1.96. The molecule has 2 aromatic rings. The Hall–Kier alpha value is -2.67. The minimum Gasteiger partial charge on any atom is -0.324 e. The van der Waals surface area contributed by atoms with Crippen LogP contribution in [0.1, 0.15) is 21.5 Å². The molecule has 0 aliphatic carbocycles. The van der Waals surface area contributed by atoms with Crippen LogP contribution in [0.5, 0.6) is 0 Å². The number of alkyl halides is 3. The SMILES string of the molecule is NCC(=O)Nc1ccccc1C(=O)c1ccc(C(F)(F)F)cc1. The van der Waals surface area contributed by atoms with Crippen molar-refractivity contribution in [3.8, 4) is 0 Å². The molecule has 2 rings (SSSR count). The van der Waals surface area contributed by atoms with Gasteiger partial charge in [-0.15, -0.1) is 0 Å². The van der Waals surface area contributed by atoms with E-state index in [1.807, 2.05) is 0 Å². The maximum absolute atomic E-state index is 12.5. The van der Waals surface area contributed by atoms with Gasteiger partial charge in [0.05, 0.1) is 17.8 Å². The van der Waals surface area contributed by atoms with Gasteiger partial charge in [0.2, 0.25) is 5.91 Å². The molecule has 0 aliphatic rings. The van der Waals surface area contributed by atoms with E-state index in [-0.39, 0.29) is 23.4 Å². The first-order chi connectivity index (χ1) is 10.8. The minimum absolute atomic E-state index is 0.0902. The van der Waals surface area contributed by atoms with Gasteiger partial charge in [0.15, 0.2) is 5.78 Å². The summed E-state index contributed by atoms with van der Waals surface area (Å²) >= 11 is 0. The molecule has 0 unspecified atom stereocenters. The molecule has 0 saturated heterocycles. The molecule has 3 N–H and O–H groups in total. The molecule has 0 aliphatic heterocycles. The molecule has 120 valence electrons. The number of carbonyl (C=O) groups is 2. The van der Waals surface area contributed by atoms with Gasteiger partial charge < -0.3 is 11.1 Å². The number of hydrogen-bond acceptors (Lipinski definition) is 3. The molecule has 4 nitrogen and oxygen atoms in total.